The minimum atomic E-state index is -0.703. The van der Waals surface area contributed by atoms with Crippen LogP contribution in [0.3, 0.4) is 0 Å². The summed E-state index contributed by atoms with van der Waals surface area (Å²) in [6.07, 6.45) is 2.73. The molecule has 1 aromatic carbocycles. The molecule has 2 N–H and O–H groups in total. The van der Waals surface area contributed by atoms with Gasteiger partial charge in [0.1, 0.15) is 12.2 Å². The number of aryl methyl sites for hydroxylation is 2. The van der Waals surface area contributed by atoms with E-state index in [9.17, 15) is 9.59 Å². The van der Waals surface area contributed by atoms with Crippen LogP contribution < -0.4 is 11.4 Å². The number of aromatic nitrogens is 2. The maximum Gasteiger partial charge on any atom is 0.361 e. The Bertz CT molecular complexity index is 995. The van der Waals surface area contributed by atoms with Crippen LogP contribution in [0, 0.1) is 13.8 Å². The van der Waals surface area contributed by atoms with E-state index in [0.29, 0.717) is 11.1 Å². The Balaban J connectivity index is 1.93. The third kappa shape index (κ3) is 2.96. The maximum absolute atomic E-state index is 12.1. The molecule has 0 aliphatic carbocycles. The summed E-state index contributed by atoms with van der Waals surface area (Å²) in [4.78, 5) is 31.4. The highest BCUT2D eigenvalue weighted by Crippen LogP contribution is 2.22. The molecule has 0 aliphatic rings. The third-order valence-electron chi connectivity index (χ3n) is 3.72. The quantitative estimate of drug-likeness (QED) is 0.580. The average Bonchev–Trinajstić information content (AvgIpc) is 2.54. The lowest BCUT2D eigenvalue weighted by molar-refractivity contribution is 0.0468. The molecule has 3 rings (SSSR count). The van der Waals surface area contributed by atoms with E-state index in [1.807, 2.05) is 19.9 Å². The zero-order valence-electron chi connectivity index (χ0n) is 13.2. The molecule has 3 aromatic rings. The van der Waals surface area contributed by atoms with Crippen molar-refractivity contribution in [2.24, 2.45) is 0 Å². The standard InChI is InChI=1S/C17H15N3O4/c1-9-5-12-11(7-14(21)24-13(12)6-10(9)2)8-23-17(22)15-16(18)20-4-3-19-15/h3-7H,8H2,1-2H3,(H2,18,20). The van der Waals surface area contributed by atoms with E-state index < -0.39 is 11.6 Å². The van der Waals surface area contributed by atoms with Gasteiger partial charge in [0, 0.05) is 29.4 Å². The van der Waals surface area contributed by atoms with E-state index in [4.69, 9.17) is 14.9 Å². The number of ether oxygens (including phenoxy) is 1. The first kappa shape index (κ1) is 15.7. The first-order valence-corrected chi connectivity index (χ1v) is 7.23. The monoisotopic (exact) mass is 325 g/mol. The van der Waals surface area contributed by atoms with Crippen molar-refractivity contribution in [3.63, 3.8) is 0 Å². The van der Waals surface area contributed by atoms with E-state index >= 15 is 0 Å². The van der Waals surface area contributed by atoms with Gasteiger partial charge in [-0.2, -0.15) is 0 Å². The fourth-order valence-electron chi connectivity index (χ4n) is 2.32. The van der Waals surface area contributed by atoms with Crippen LogP contribution in [-0.4, -0.2) is 15.9 Å². The molecule has 0 amide bonds. The van der Waals surface area contributed by atoms with Crippen molar-refractivity contribution in [1.29, 1.82) is 0 Å². The molecule has 0 saturated carbocycles. The van der Waals surface area contributed by atoms with E-state index in [2.05, 4.69) is 9.97 Å². The van der Waals surface area contributed by atoms with Crippen molar-refractivity contribution in [2.45, 2.75) is 20.5 Å². The molecule has 7 heteroatoms. The van der Waals surface area contributed by atoms with Gasteiger partial charge in [-0.1, -0.05) is 0 Å². The van der Waals surface area contributed by atoms with E-state index in [0.717, 1.165) is 16.5 Å². The largest absolute Gasteiger partial charge is 0.456 e. The minimum absolute atomic E-state index is 0.00796. The predicted molar refractivity (Wildman–Crippen MR) is 87.5 cm³/mol. The zero-order valence-corrected chi connectivity index (χ0v) is 13.2. The van der Waals surface area contributed by atoms with Gasteiger partial charge < -0.3 is 14.9 Å². The molecule has 0 aliphatic heterocycles. The Morgan fingerprint density at radius 1 is 1.17 bits per heavy atom. The number of rotatable bonds is 3. The fourth-order valence-corrected chi connectivity index (χ4v) is 2.32. The molecular weight excluding hydrogens is 310 g/mol. The summed E-state index contributed by atoms with van der Waals surface area (Å²) in [5, 5.41) is 0.720. The van der Waals surface area contributed by atoms with Crippen LogP contribution in [0.15, 0.2) is 39.8 Å². The van der Waals surface area contributed by atoms with Crippen LogP contribution >= 0.6 is 0 Å². The van der Waals surface area contributed by atoms with Crippen LogP contribution in [0.25, 0.3) is 11.0 Å². The summed E-state index contributed by atoms with van der Waals surface area (Å²) in [6, 6.07) is 5.00. The van der Waals surface area contributed by atoms with Crippen molar-refractivity contribution in [3.8, 4) is 0 Å². The van der Waals surface area contributed by atoms with Gasteiger partial charge in [0.25, 0.3) is 0 Å². The Morgan fingerprint density at radius 2 is 1.88 bits per heavy atom. The lowest BCUT2D eigenvalue weighted by Gasteiger charge is -2.09. The molecule has 122 valence electrons. The van der Waals surface area contributed by atoms with Crippen molar-refractivity contribution in [3.05, 3.63) is 63.4 Å². The lowest BCUT2D eigenvalue weighted by Crippen LogP contribution is -2.12. The molecular formula is C17H15N3O4. The number of benzene rings is 1. The summed E-state index contributed by atoms with van der Waals surface area (Å²) in [6.45, 7) is 3.79. The molecule has 0 spiro atoms. The highest BCUT2D eigenvalue weighted by Gasteiger charge is 2.15. The molecule has 0 saturated heterocycles. The van der Waals surface area contributed by atoms with E-state index in [1.165, 1.54) is 18.5 Å². The highest BCUT2D eigenvalue weighted by molar-refractivity contribution is 5.92. The van der Waals surface area contributed by atoms with Crippen molar-refractivity contribution < 1.29 is 13.9 Å². The Morgan fingerprint density at radius 3 is 2.62 bits per heavy atom. The molecule has 0 bridgehead atoms. The van der Waals surface area contributed by atoms with Gasteiger partial charge in [-0.25, -0.2) is 19.6 Å². The SMILES string of the molecule is Cc1cc2oc(=O)cc(COC(=O)c3nccnc3N)c2cc1C. The summed E-state index contributed by atoms with van der Waals surface area (Å²) in [7, 11) is 0. The van der Waals surface area contributed by atoms with Crippen LogP contribution in [0.4, 0.5) is 5.82 Å². The molecule has 0 radical (unpaired) electrons. The number of esters is 1. The van der Waals surface area contributed by atoms with Crippen LogP contribution in [0.1, 0.15) is 27.2 Å². The number of hydrogen-bond acceptors (Lipinski definition) is 7. The van der Waals surface area contributed by atoms with E-state index in [-0.39, 0.29) is 18.1 Å². The first-order valence-electron chi connectivity index (χ1n) is 7.23. The van der Waals surface area contributed by atoms with Gasteiger partial charge >= 0.3 is 11.6 Å². The lowest BCUT2D eigenvalue weighted by atomic mass is 10.0. The second-order valence-corrected chi connectivity index (χ2v) is 5.39. The second kappa shape index (κ2) is 6.11. The number of anilines is 1. The van der Waals surface area contributed by atoms with Gasteiger partial charge in [0.05, 0.1) is 0 Å². The van der Waals surface area contributed by atoms with Crippen LogP contribution in [0.5, 0.6) is 0 Å². The van der Waals surface area contributed by atoms with Crippen LogP contribution in [0.2, 0.25) is 0 Å². The van der Waals surface area contributed by atoms with E-state index in [1.54, 1.807) is 6.07 Å². The summed E-state index contributed by atoms with van der Waals surface area (Å²) >= 11 is 0. The van der Waals surface area contributed by atoms with Crippen molar-refractivity contribution in [1.82, 2.24) is 9.97 Å². The average molecular weight is 325 g/mol. The van der Waals surface area contributed by atoms with Gasteiger partial charge in [-0.3, -0.25) is 0 Å². The fraction of sp³-hybridized carbons (Fsp3) is 0.176. The number of nitrogens with two attached hydrogens (primary N) is 1. The summed E-state index contributed by atoms with van der Waals surface area (Å²) < 4.78 is 10.4. The topological polar surface area (TPSA) is 108 Å². The number of nitrogens with zero attached hydrogens (tertiary/aromatic N) is 2. The van der Waals surface area contributed by atoms with Gasteiger partial charge in [-0.15, -0.1) is 0 Å². The molecule has 7 nitrogen and oxygen atoms in total. The number of hydrogen-bond donors (Lipinski definition) is 1. The minimum Gasteiger partial charge on any atom is -0.456 e. The molecule has 0 unspecified atom stereocenters. The predicted octanol–water partition coefficient (Wildman–Crippen LogP) is 2.14. The second-order valence-electron chi connectivity index (χ2n) is 5.39. The summed E-state index contributed by atoms with van der Waals surface area (Å²) in [5.74, 6) is -0.711. The molecule has 24 heavy (non-hydrogen) atoms. The molecule has 0 atom stereocenters. The molecule has 2 heterocycles. The number of fused-ring (bicyclic) bond motifs is 1. The third-order valence-corrected chi connectivity index (χ3v) is 3.72. The number of carbonyl (C=O) groups excluding carboxylic acids is 1. The zero-order chi connectivity index (χ0) is 17.3. The highest BCUT2D eigenvalue weighted by atomic mass is 16.5. The van der Waals surface area contributed by atoms with Crippen molar-refractivity contribution in [2.75, 3.05) is 5.73 Å². The Kier molecular flexibility index (Phi) is 3.99. The molecule has 2 aromatic heterocycles. The Hall–Kier alpha value is -3.22. The smallest absolute Gasteiger partial charge is 0.361 e. The number of nitrogen functional groups attached to an aromatic ring is 1. The van der Waals surface area contributed by atoms with Gasteiger partial charge in [0.2, 0.25) is 0 Å². The van der Waals surface area contributed by atoms with Gasteiger partial charge in [0.15, 0.2) is 11.5 Å². The van der Waals surface area contributed by atoms with Crippen LogP contribution in [-0.2, 0) is 11.3 Å². The number of carbonyl (C=O) groups is 1. The normalized spacial score (nSPS) is 10.8. The Labute approximate surface area is 137 Å². The van der Waals surface area contributed by atoms with Gasteiger partial charge in [-0.05, 0) is 37.1 Å². The first-order chi connectivity index (χ1) is 11.5. The molecule has 0 fully saturated rings. The van der Waals surface area contributed by atoms with Crippen molar-refractivity contribution >= 4 is 22.8 Å². The maximum atomic E-state index is 12.1. The summed E-state index contributed by atoms with van der Waals surface area (Å²) in [5.41, 5.74) is 8.10.